The van der Waals surface area contributed by atoms with Gasteiger partial charge in [0.05, 0.1) is 12.2 Å². The van der Waals surface area contributed by atoms with Crippen LogP contribution in [-0.4, -0.2) is 48.5 Å². The van der Waals surface area contributed by atoms with E-state index in [0.29, 0.717) is 17.9 Å². The SMILES string of the molecule is CCOc1ccccc1C(=O)N1CCN(Cc2ccccc2C)CC1. The molecule has 1 aliphatic heterocycles. The van der Waals surface area contributed by atoms with E-state index in [0.717, 1.165) is 32.7 Å². The highest BCUT2D eigenvalue weighted by atomic mass is 16.5. The number of rotatable bonds is 5. The molecule has 2 aromatic rings. The Balaban J connectivity index is 1.61. The normalized spacial score (nSPS) is 15.2. The quantitative estimate of drug-likeness (QED) is 0.838. The summed E-state index contributed by atoms with van der Waals surface area (Å²) in [6.07, 6.45) is 0. The molecule has 1 amide bonds. The highest BCUT2D eigenvalue weighted by Gasteiger charge is 2.24. The molecular formula is C21H26N2O2. The Labute approximate surface area is 150 Å². The van der Waals surface area contributed by atoms with Crippen LogP contribution in [0.2, 0.25) is 0 Å². The van der Waals surface area contributed by atoms with E-state index in [2.05, 4.69) is 36.1 Å². The van der Waals surface area contributed by atoms with E-state index >= 15 is 0 Å². The first-order valence-electron chi connectivity index (χ1n) is 8.97. The first-order chi connectivity index (χ1) is 12.2. The fourth-order valence-corrected chi connectivity index (χ4v) is 3.23. The number of carbonyl (C=O) groups excluding carboxylic acids is 1. The van der Waals surface area contributed by atoms with Crippen LogP contribution in [-0.2, 0) is 6.54 Å². The molecule has 25 heavy (non-hydrogen) atoms. The number of hydrogen-bond donors (Lipinski definition) is 0. The van der Waals surface area contributed by atoms with Gasteiger partial charge in [0.1, 0.15) is 5.75 Å². The summed E-state index contributed by atoms with van der Waals surface area (Å²) in [5, 5.41) is 0. The number of aryl methyl sites for hydroxylation is 1. The van der Waals surface area contributed by atoms with Crippen molar-refractivity contribution < 1.29 is 9.53 Å². The molecule has 0 spiro atoms. The van der Waals surface area contributed by atoms with Gasteiger partial charge in [0.2, 0.25) is 0 Å². The zero-order chi connectivity index (χ0) is 17.6. The van der Waals surface area contributed by atoms with Gasteiger partial charge >= 0.3 is 0 Å². The van der Waals surface area contributed by atoms with Gasteiger partial charge in [0.15, 0.2) is 0 Å². The smallest absolute Gasteiger partial charge is 0.257 e. The largest absolute Gasteiger partial charge is 0.493 e. The number of hydrogen-bond acceptors (Lipinski definition) is 3. The van der Waals surface area contributed by atoms with Gasteiger partial charge in [0, 0.05) is 32.7 Å². The van der Waals surface area contributed by atoms with Crippen LogP contribution < -0.4 is 4.74 Å². The lowest BCUT2D eigenvalue weighted by Gasteiger charge is -2.35. The molecule has 0 aliphatic carbocycles. The van der Waals surface area contributed by atoms with Gasteiger partial charge in [0.25, 0.3) is 5.91 Å². The fraction of sp³-hybridized carbons (Fsp3) is 0.381. The molecule has 3 rings (SSSR count). The van der Waals surface area contributed by atoms with Crippen LogP contribution in [0, 0.1) is 6.92 Å². The predicted octanol–water partition coefficient (Wildman–Crippen LogP) is 3.35. The summed E-state index contributed by atoms with van der Waals surface area (Å²) in [6, 6.07) is 16.0. The number of nitrogens with zero attached hydrogens (tertiary/aromatic N) is 2. The van der Waals surface area contributed by atoms with Gasteiger partial charge in [-0.25, -0.2) is 0 Å². The molecule has 1 fully saturated rings. The van der Waals surface area contributed by atoms with E-state index in [4.69, 9.17) is 4.74 Å². The predicted molar refractivity (Wildman–Crippen MR) is 100.0 cm³/mol. The number of piperazine rings is 1. The van der Waals surface area contributed by atoms with Crippen LogP contribution in [0.25, 0.3) is 0 Å². The highest BCUT2D eigenvalue weighted by Crippen LogP contribution is 2.21. The summed E-state index contributed by atoms with van der Waals surface area (Å²) in [4.78, 5) is 17.2. The summed E-state index contributed by atoms with van der Waals surface area (Å²) in [5.41, 5.74) is 3.35. The third-order valence-corrected chi connectivity index (χ3v) is 4.73. The molecule has 4 nitrogen and oxygen atoms in total. The first-order valence-corrected chi connectivity index (χ1v) is 8.97. The van der Waals surface area contributed by atoms with E-state index in [-0.39, 0.29) is 5.91 Å². The van der Waals surface area contributed by atoms with Gasteiger partial charge in [-0.2, -0.15) is 0 Å². The molecule has 0 N–H and O–H groups in total. The van der Waals surface area contributed by atoms with E-state index in [1.165, 1.54) is 11.1 Å². The van der Waals surface area contributed by atoms with Crippen molar-refractivity contribution in [2.75, 3.05) is 32.8 Å². The van der Waals surface area contributed by atoms with Crippen molar-refractivity contribution in [1.82, 2.24) is 9.80 Å². The lowest BCUT2D eigenvalue weighted by atomic mass is 10.1. The molecule has 132 valence electrons. The second-order valence-electron chi connectivity index (χ2n) is 6.42. The summed E-state index contributed by atoms with van der Waals surface area (Å²) < 4.78 is 5.60. The molecule has 0 aromatic heterocycles. The third kappa shape index (κ3) is 4.20. The first kappa shape index (κ1) is 17.5. The van der Waals surface area contributed by atoms with Gasteiger partial charge in [-0.15, -0.1) is 0 Å². The van der Waals surface area contributed by atoms with Crippen molar-refractivity contribution in [3.8, 4) is 5.75 Å². The molecule has 1 aliphatic rings. The summed E-state index contributed by atoms with van der Waals surface area (Å²) in [5.74, 6) is 0.747. The summed E-state index contributed by atoms with van der Waals surface area (Å²) in [6.45, 7) is 8.91. The average molecular weight is 338 g/mol. The van der Waals surface area contributed by atoms with Crippen LogP contribution in [0.3, 0.4) is 0 Å². The van der Waals surface area contributed by atoms with Crippen LogP contribution in [0.1, 0.15) is 28.4 Å². The van der Waals surface area contributed by atoms with Crippen LogP contribution in [0.5, 0.6) is 5.75 Å². The minimum absolute atomic E-state index is 0.0691. The van der Waals surface area contributed by atoms with Crippen molar-refractivity contribution in [2.45, 2.75) is 20.4 Å². The van der Waals surface area contributed by atoms with Crippen molar-refractivity contribution in [1.29, 1.82) is 0 Å². The van der Waals surface area contributed by atoms with Gasteiger partial charge < -0.3 is 9.64 Å². The van der Waals surface area contributed by atoms with Gasteiger partial charge in [-0.05, 0) is 37.1 Å². The molecule has 0 radical (unpaired) electrons. The minimum atomic E-state index is 0.0691. The highest BCUT2D eigenvalue weighted by molar-refractivity contribution is 5.97. The number of para-hydroxylation sites is 1. The maximum atomic E-state index is 12.8. The Morgan fingerprint density at radius 1 is 1.00 bits per heavy atom. The topological polar surface area (TPSA) is 32.8 Å². The van der Waals surface area contributed by atoms with Crippen molar-refractivity contribution >= 4 is 5.91 Å². The lowest BCUT2D eigenvalue weighted by molar-refractivity contribution is 0.0624. The Bertz CT molecular complexity index is 721. The van der Waals surface area contributed by atoms with Gasteiger partial charge in [-0.3, -0.25) is 9.69 Å². The molecule has 2 aromatic carbocycles. The molecular weight excluding hydrogens is 312 g/mol. The van der Waals surface area contributed by atoms with Crippen molar-refractivity contribution in [2.24, 2.45) is 0 Å². The molecule has 0 unspecified atom stereocenters. The van der Waals surface area contributed by atoms with Crippen molar-refractivity contribution in [3.05, 3.63) is 65.2 Å². The second-order valence-corrected chi connectivity index (χ2v) is 6.42. The Morgan fingerprint density at radius 2 is 1.68 bits per heavy atom. The Morgan fingerprint density at radius 3 is 2.40 bits per heavy atom. The Kier molecular flexibility index (Phi) is 5.71. The van der Waals surface area contributed by atoms with Crippen LogP contribution in [0.15, 0.2) is 48.5 Å². The zero-order valence-corrected chi connectivity index (χ0v) is 15.1. The van der Waals surface area contributed by atoms with E-state index in [1.807, 2.05) is 36.1 Å². The van der Waals surface area contributed by atoms with E-state index < -0.39 is 0 Å². The lowest BCUT2D eigenvalue weighted by Crippen LogP contribution is -2.48. The zero-order valence-electron chi connectivity index (χ0n) is 15.1. The Hall–Kier alpha value is -2.33. The van der Waals surface area contributed by atoms with E-state index in [1.54, 1.807) is 0 Å². The fourth-order valence-electron chi connectivity index (χ4n) is 3.23. The standard InChI is InChI=1S/C21H26N2O2/c1-3-25-20-11-7-6-10-19(20)21(24)23-14-12-22(13-15-23)16-18-9-5-4-8-17(18)2/h4-11H,3,12-16H2,1-2H3. The second kappa shape index (κ2) is 8.17. The number of benzene rings is 2. The maximum Gasteiger partial charge on any atom is 0.257 e. The molecule has 0 atom stereocenters. The minimum Gasteiger partial charge on any atom is -0.493 e. The molecule has 0 bridgehead atoms. The monoisotopic (exact) mass is 338 g/mol. The van der Waals surface area contributed by atoms with Crippen LogP contribution >= 0.6 is 0 Å². The van der Waals surface area contributed by atoms with Crippen molar-refractivity contribution in [3.63, 3.8) is 0 Å². The summed E-state index contributed by atoms with van der Waals surface area (Å²) in [7, 11) is 0. The van der Waals surface area contributed by atoms with Gasteiger partial charge in [-0.1, -0.05) is 36.4 Å². The molecule has 1 saturated heterocycles. The van der Waals surface area contributed by atoms with E-state index in [9.17, 15) is 4.79 Å². The number of amides is 1. The summed E-state index contributed by atoms with van der Waals surface area (Å²) >= 11 is 0. The van der Waals surface area contributed by atoms with Crippen LogP contribution in [0.4, 0.5) is 0 Å². The number of ether oxygens (including phenoxy) is 1. The maximum absolute atomic E-state index is 12.8. The third-order valence-electron chi connectivity index (χ3n) is 4.73. The molecule has 0 saturated carbocycles. The molecule has 4 heteroatoms. The average Bonchev–Trinajstić information content (AvgIpc) is 2.64. The number of carbonyl (C=O) groups is 1. The molecule has 1 heterocycles.